The molecule has 1 fully saturated rings. The van der Waals surface area contributed by atoms with Crippen LogP contribution in [0.2, 0.25) is 0 Å². The van der Waals surface area contributed by atoms with Gasteiger partial charge in [-0.1, -0.05) is 12.5 Å². The summed E-state index contributed by atoms with van der Waals surface area (Å²) in [5.41, 5.74) is 0.106. The molecule has 122 valence electrons. The highest BCUT2D eigenvalue weighted by molar-refractivity contribution is 5.70. The highest BCUT2D eigenvalue weighted by Crippen LogP contribution is 2.24. The van der Waals surface area contributed by atoms with Crippen molar-refractivity contribution in [3.05, 3.63) is 35.1 Å². The van der Waals surface area contributed by atoms with Crippen LogP contribution in [0.3, 0.4) is 0 Å². The van der Waals surface area contributed by atoms with Crippen molar-refractivity contribution in [2.75, 3.05) is 13.2 Å². The summed E-state index contributed by atoms with van der Waals surface area (Å²) in [7, 11) is 0. The molecule has 1 saturated heterocycles. The minimum Gasteiger partial charge on any atom is -0.466 e. The molecule has 0 bridgehead atoms. The van der Waals surface area contributed by atoms with Crippen LogP contribution in [0, 0.1) is 17.5 Å². The zero-order chi connectivity index (χ0) is 16.1. The van der Waals surface area contributed by atoms with E-state index >= 15 is 0 Å². The Hall–Kier alpha value is -1.56. The highest BCUT2D eigenvalue weighted by atomic mass is 19.2. The van der Waals surface area contributed by atoms with E-state index in [-0.39, 0.29) is 30.5 Å². The lowest BCUT2D eigenvalue weighted by Gasteiger charge is -2.35. The first kappa shape index (κ1) is 16.8. The average Bonchev–Trinajstić information content (AvgIpc) is 2.50. The van der Waals surface area contributed by atoms with Crippen molar-refractivity contribution >= 4 is 5.97 Å². The lowest BCUT2D eigenvalue weighted by Crippen LogP contribution is -2.40. The van der Waals surface area contributed by atoms with Crippen molar-refractivity contribution in [3.63, 3.8) is 0 Å². The molecule has 6 heteroatoms. The Kier molecular flexibility index (Phi) is 5.83. The molecule has 0 spiro atoms. The number of hydrogen-bond acceptors (Lipinski definition) is 3. The van der Waals surface area contributed by atoms with E-state index in [1.165, 1.54) is 6.07 Å². The number of hydrogen-bond donors (Lipinski definition) is 0. The minimum atomic E-state index is -1.45. The van der Waals surface area contributed by atoms with Gasteiger partial charge in [0.05, 0.1) is 13.0 Å². The second kappa shape index (κ2) is 7.63. The normalized spacial score (nSPS) is 19.2. The van der Waals surface area contributed by atoms with Crippen LogP contribution in [-0.2, 0) is 16.1 Å². The van der Waals surface area contributed by atoms with Crippen molar-refractivity contribution in [1.29, 1.82) is 0 Å². The molecular weight excluding hydrogens is 295 g/mol. The van der Waals surface area contributed by atoms with Crippen molar-refractivity contribution in [1.82, 2.24) is 4.90 Å². The van der Waals surface area contributed by atoms with Crippen LogP contribution in [0.4, 0.5) is 13.2 Å². The van der Waals surface area contributed by atoms with E-state index in [9.17, 15) is 18.0 Å². The van der Waals surface area contributed by atoms with E-state index in [1.54, 1.807) is 6.92 Å². The van der Waals surface area contributed by atoms with Gasteiger partial charge in [0.15, 0.2) is 17.5 Å². The lowest BCUT2D eigenvalue weighted by molar-refractivity contribution is -0.145. The second-order valence-electron chi connectivity index (χ2n) is 5.46. The average molecular weight is 315 g/mol. The summed E-state index contributed by atoms with van der Waals surface area (Å²) in [6, 6.07) is 2.13. The Bertz CT molecular complexity index is 536. The van der Waals surface area contributed by atoms with Gasteiger partial charge in [-0.3, -0.25) is 9.69 Å². The zero-order valence-corrected chi connectivity index (χ0v) is 12.6. The number of rotatable bonds is 5. The fourth-order valence-electron chi connectivity index (χ4n) is 2.82. The van der Waals surface area contributed by atoms with E-state index in [1.807, 2.05) is 4.90 Å². The van der Waals surface area contributed by atoms with E-state index < -0.39 is 17.5 Å². The standard InChI is InChI=1S/C16H20F3NO2/c1-2-22-14(21)9-12-5-3-4-8-20(12)10-11-6-7-13(17)16(19)15(11)18/h6-7,12H,2-5,8-10H2,1H3. The number of benzene rings is 1. The molecule has 1 aliphatic heterocycles. The predicted octanol–water partition coefficient (Wildman–Crippen LogP) is 3.41. The van der Waals surface area contributed by atoms with Crippen molar-refractivity contribution < 1.29 is 22.7 Å². The van der Waals surface area contributed by atoms with Crippen molar-refractivity contribution in [2.24, 2.45) is 0 Å². The van der Waals surface area contributed by atoms with Gasteiger partial charge in [-0.25, -0.2) is 13.2 Å². The monoisotopic (exact) mass is 315 g/mol. The lowest BCUT2D eigenvalue weighted by atomic mass is 9.98. The van der Waals surface area contributed by atoms with Crippen LogP contribution in [0.1, 0.15) is 38.2 Å². The summed E-state index contributed by atoms with van der Waals surface area (Å²) >= 11 is 0. The number of nitrogens with zero attached hydrogens (tertiary/aromatic N) is 1. The molecule has 0 radical (unpaired) electrons. The summed E-state index contributed by atoms with van der Waals surface area (Å²) in [4.78, 5) is 13.6. The smallest absolute Gasteiger partial charge is 0.307 e. The Morgan fingerprint density at radius 1 is 1.27 bits per heavy atom. The molecule has 1 aromatic rings. The van der Waals surface area contributed by atoms with Crippen LogP contribution in [0.15, 0.2) is 12.1 Å². The number of carbonyl (C=O) groups is 1. The fourth-order valence-corrected chi connectivity index (χ4v) is 2.82. The third kappa shape index (κ3) is 4.00. The summed E-state index contributed by atoms with van der Waals surface area (Å²) in [6.07, 6.45) is 2.97. The summed E-state index contributed by atoms with van der Waals surface area (Å²) < 4.78 is 45.0. The Morgan fingerprint density at radius 2 is 2.05 bits per heavy atom. The van der Waals surface area contributed by atoms with Crippen molar-refractivity contribution in [3.8, 4) is 0 Å². The molecule has 1 aliphatic rings. The summed E-state index contributed by atoms with van der Waals surface area (Å²) in [5.74, 6) is -4.08. The minimum absolute atomic E-state index is 0.0553. The van der Waals surface area contributed by atoms with Gasteiger partial charge in [0, 0.05) is 18.2 Å². The molecule has 0 N–H and O–H groups in total. The van der Waals surface area contributed by atoms with Crippen LogP contribution in [0.25, 0.3) is 0 Å². The maximum atomic E-state index is 13.8. The van der Waals surface area contributed by atoms with E-state index in [0.717, 1.165) is 25.3 Å². The molecule has 0 saturated carbocycles. The van der Waals surface area contributed by atoms with Crippen LogP contribution in [0.5, 0.6) is 0 Å². The predicted molar refractivity (Wildman–Crippen MR) is 75.6 cm³/mol. The number of esters is 1. The molecule has 0 aromatic heterocycles. The van der Waals surface area contributed by atoms with Crippen molar-refractivity contribution in [2.45, 2.75) is 45.2 Å². The fraction of sp³-hybridized carbons (Fsp3) is 0.562. The van der Waals surface area contributed by atoms with Gasteiger partial charge in [0.2, 0.25) is 0 Å². The summed E-state index contributed by atoms with van der Waals surface area (Å²) in [5, 5.41) is 0. The Labute approximate surface area is 128 Å². The van der Waals surface area contributed by atoms with Gasteiger partial charge in [-0.05, 0) is 32.4 Å². The molecule has 2 rings (SSSR count). The van der Waals surface area contributed by atoms with Crippen LogP contribution >= 0.6 is 0 Å². The molecule has 0 amide bonds. The quantitative estimate of drug-likeness (QED) is 0.616. The van der Waals surface area contributed by atoms with Crippen LogP contribution in [-0.4, -0.2) is 30.1 Å². The van der Waals surface area contributed by atoms with Crippen LogP contribution < -0.4 is 0 Å². The van der Waals surface area contributed by atoms with Gasteiger partial charge < -0.3 is 4.74 Å². The summed E-state index contributed by atoms with van der Waals surface area (Å²) in [6.45, 7) is 2.92. The van der Waals surface area contributed by atoms with Gasteiger partial charge in [-0.2, -0.15) is 0 Å². The highest BCUT2D eigenvalue weighted by Gasteiger charge is 2.26. The van der Waals surface area contributed by atoms with E-state index in [4.69, 9.17) is 4.74 Å². The first-order valence-electron chi connectivity index (χ1n) is 7.55. The molecule has 1 heterocycles. The number of carbonyl (C=O) groups excluding carboxylic acids is 1. The Balaban J connectivity index is 2.08. The Morgan fingerprint density at radius 3 is 2.77 bits per heavy atom. The maximum absolute atomic E-state index is 13.8. The number of piperidine rings is 1. The SMILES string of the molecule is CCOC(=O)CC1CCCCN1Cc1ccc(F)c(F)c1F. The van der Waals surface area contributed by atoms with E-state index in [2.05, 4.69) is 0 Å². The molecular formula is C16H20F3NO2. The molecule has 0 aliphatic carbocycles. The maximum Gasteiger partial charge on any atom is 0.307 e. The van der Waals surface area contributed by atoms with Gasteiger partial charge in [0.25, 0.3) is 0 Å². The molecule has 22 heavy (non-hydrogen) atoms. The topological polar surface area (TPSA) is 29.5 Å². The molecule has 1 unspecified atom stereocenters. The van der Waals surface area contributed by atoms with E-state index in [0.29, 0.717) is 13.2 Å². The van der Waals surface area contributed by atoms with Gasteiger partial charge >= 0.3 is 5.97 Å². The van der Waals surface area contributed by atoms with Gasteiger partial charge in [-0.15, -0.1) is 0 Å². The second-order valence-corrected chi connectivity index (χ2v) is 5.46. The zero-order valence-electron chi connectivity index (χ0n) is 12.6. The number of ether oxygens (including phenoxy) is 1. The largest absolute Gasteiger partial charge is 0.466 e. The first-order valence-corrected chi connectivity index (χ1v) is 7.55. The molecule has 1 aromatic carbocycles. The molecule has 1 atom stereocenters. The third-order valence-corrected chi connectivity index (χ3v) is 3.95. The molecule has 3 nitrogen and oxygen atoms in total. The first-order chi connectivity index (χ1) is 10.5. The van der Waals surface area contributed by atoms with Gasteiger partial charge in [0.1, 0.15) is 0 Å². The third-order valence-electron chi connectivity index (χ3n) is 3.95. The number of halogens is 3. The number of likely N-dealkylation sites (tertiary alicyclic amines) is 1.